The number of rotatable bonds is 9. The summed E-state index contributed by atoms with van der Waals surface area (Å²) in [4.78, 5) is 12.9. The van der Waals surface area contributed by atoms with Crippen molar-refractivity contribution in [2.24, 2.45) is 0 Å². The number of amides is 2. The Hall–Kier alpha value is -3.49. The molecule has 0 aliphatic carbocycles. The van der Waals surface area contributed by atoms with Crippen molar-refractivity contribution in [3.05, 3.63) is 94.3 Å². The third kappa shape index (κ3) is 6.64. The highest BCUT2D eigenvalue weighted by molar-refractivity contribution is 7.98. The summed E-state index contributed by atoms with van der Waals surface area (Å²) >= 11 is 7.96. The number of hydrogen-bond donors (Lipinski definition) is 2. The van der Waals surface area contributed by atoms with Gasteiger partial charge in [-0.3, -0.25) is 4.57 Å². The second-order valence-corrected chi connectivity index (χ2v) is 10.0. The Morgan fingerprint density at radius 3 is 2.68 bits per heavy atom. The molecule has 3 aromatic carbocycles. The fourth-order valence-electron chi connectivity index (χ4n) is 3.93. The average Bonchev–Trinajstić information content (AvgIpc) is 3.29. The number of hydrogen-bond acceptors (Lipinski definition) is 5. The predicted molar refractivity (Wildman–Crippen MR) is 150 cm³/mol. The maximum absolute atomic E-state index is 12.9. The third-order valence-electron chi connectivity index (χ3n) is 5.69. The standard InChI is InChI=1S/C28H30ClN5O2S/c1-5-36-25-12-7-6-11-23(25)31-27(35)30-20(4)26-32-33-28(37-17-21-10-8-9-18(2)15-21)34(26)24-16-22(29)14-13-19(24)3/h6-16,20H,5,17H2,1-4H3,(H2,30,31,35). The second kappa shape index (κ2) is 12.2. The van der Waals surface area contributed by atoms with Crippen molar-refractivity contribution in [3.63, 3.8) is 0 Å². The van der Waals surface area contributed by atoms with E-state index < -0.39 is 6.04 Å². The van der Waals surface area contributed by atoms with Crippen LogP contribution in [0.2, 0.25) is 5.02 Å². The first-order chi connectivity index (χ1) is 17.9. The summed E-state index contributed by atoms with van der Waals surface area (Å²) in [6.07, 6.45) is 0. The molecule has 1 atom stereocenters. The molecule has 1 heterocycles. The van der Waals surface area contributed by atoms with Gasteiger partial charge in [-0.1, -0.05) is 71.4 Å². The number of benzene rings is 3. The molecule has 0 saturated carbocycles. The van der Waals surface area contributed by atoms with Gasteiger partial charge in [-0.15, -0.1) is 10.2 Å². The number of urea groups is 1. The smallest absolute Gasteiger partial charge is 0.319 e. The molecule has 4 aromatic rings. The number of halogens is 1. The Balaban J connectivity index is 1.60. The van der Waals surface area contributed by atoms with Gasteiger partial charge in [0.2, 0.25) is 0 Å². The fourth-order valence-corrected chi connectivity index (χ4v) is 4.99. The first-order valence-corrected chi connectivity index (χ1v) is 13.4. The summed E-state index contributed by atoms with van der Waals surface area (Å²) in [5.74, 6) is 1.95. The number of nitrogens with zero attached hydrogens (tertiary/aromatic N) is 3. The van der Waals surface area contributed by atoms with E-state index in [1.807, 2.05) is 61.7 Å². The van der Waals surface area contributed by atoms with Crippen LogP contribution in [0.25, 0.3) is 5.69 Å². The number of ether oxygens (including phenoxy) is 1. The Morgan fingerprint density at radius 2 is 1.89 bits per heavy atom. The number of aryl methyl sites for hydroxylation is 2. The minimum absolute atomic E-state index is 0.369. The van der Waals surface area contributed by atoms with Gasteiger partial charge in [-0.2, -0.15) is 0 Å². The van der Waals surface area contributed by atoms with Crippen LogP contribution in [0.4, 0.5) is 10.5 Å². The van der Waals surface area contributed by atoms with Gasteiger partial charge in [-0.05, 0) is 63.1 Å². The van der Waals surface area contributed by atoms with Gasteiger partial charge in [0.05, 0.1) is 24.0 Å². The van der Waals surface area contributed by atoms with Crippen molar-refractivity contribution in [2.75, 3.05) is 11.9 Å². The maximum Gasteiger partial charge on any atom is 0.319 e. The monoisotopic (exact) mass is 535 g/mol. The summed E-state index contributed by atoms with van der Waals surface area (Å²) in [5.41, 5.74) is 4.89. The zero-order valence-electron chi connectivity index (χ0n) is 21.3. The molecule has 37 heavy (non-hydrogen) atoms. The second-order valence-electron chi connectivity index (χ2n) is 8.63. The molecule has 0 bridgehead atoms. The highest BCUT2D eigenvalue weighted by Gasteiger charge is 2.23. The van der Waals surface area contributed by atoms with E-state index in [9.17, 15) is 4.79 Å². The number of para-hydroxylation sites is 2. The predicted octanol–water partition coefficient (Wildman–Crippen LogP) is 7.11. The lowest BCUT2D eigenvalue weighted by Gasteiger charge is -2.19. The van der Waals surface area contributed by atoms with E-state index in [2.05, 4.69) is 52.0 Å². The largest absolute Gasteiger partial charge is 0.492 e. The van der Waals surface area contributed by atoms with Crippen LogP contribution in [0.3, 0.4) is 0 Å². The summed E-state index contributed by atoms with van der Waals surface area (Å²) in [6, 6.07) is 20.6. The van der Waals surface area contributed by atoms with E-state index in [0.717, 1.165) is 22.2 Å². The number of thioether (sulfide) groups is 1. The molecule has 9 heteroatoms. The van der Waals surface area contributed by atoms with Crippen molar-refractivity contribution in [3.8, 4) is 11.4 Å². The van der Waals surface area contributed by atoms with Gasteiger partial charge in [0.15, 0.2) is 11.0 Å². The Bertz CT molecular complexity index is 1390. The van der Waals surface area contributed by atoms with Crippen molar-refractivity contribution in [1.29, 1.82) is 0 Å². The summed E-state index contributed by atoms with van der Waals surface area (Å²) < 4.78 is 7.59. The lowest BCUT2D eigenvalue weighted by Crippen LogP contribution is -2.32. The molecule has 0 aliphatic heterocycles. The molecule has 1 aromatic heterocycles. The lowest BCUT2D eigenvalue weighted by molar-refractivity contribution is 0.248. The lowest BCUT2D eigenvalue weighted by atomic mass is 10.2. The average molecular weight is 536 g/mol. The summed E-state index contributed by atoms with van der Waals surface area (Å²) in [5, 5.41) is 16.2. The molecule has 1 unspecified atom stereocenters. The molecule has 192 valence electrons. The topological polar surface area (TPSA) is 81.1 Å². The molecular weight excluding hydrogens is 506 g/mol. The first kappa shape index (κ1) is 26.6. The normalized spacial score (nSPS) is 11.7. The van der Waals surface area contributed by atoms with Crippen LogP contribution in [0.15, 0.2) is 71.9 Å². The molecule has 0 saturated heterocycles. The number of nitrogens with one attached hydrogen (secondary N) is 2. The van der Waals surface area contributed by atoms with Crippen LogP contribution < -0.4 is 15.4 Å². The van der Waals surface area contributed by atoms with Crippen LogP contribution in [-0.4, -0.2) is 27.4 Å². The van der Waals surface area contributed by atoms with Crippen molar-refractivity contribution in [2.45, 2.75) is 44.6 Å². The van der Waals surface area contributed by atoms with Crippen molar-refractivity contribution >= 4 is 35.1 Å². The van der Waals surface area contributed by atoms with E-state index in [0.29, 0.717) is 28.9 Å². The Morgan fingerprint density at radius 1 is 1.08 bits per heavy atom. The van der Waals surface area contributed by atoms with Crippen molar-refractivity contribution in [1.82, 2.24) is 20.1 Å². The Labute approximate surface area is 226 Å². The van der Waals surface area contributed by atoms with Gasteiger partial charge in [-0.25, -0.2) is 4.79 Å². The van der Waals surface area contributed by atoms with E-state index in [1.54, 1.807) is 17.8 Å². The Kier molecular flexibility index (Phi) is 8.74. The van der Waals surface area contributed by atoms with Gasteiger partial charge in [0.1, 0.15) is 5.75 Å². The molecule has 2 amide bonds. The number of aromatic nitrogens is 3. The molecule has 2 N–H and O–H groups in total. The van der Waals surface area contributed by atoms with Crippen LogP contribution in [0.1, 0.15) is 42.4 Å². The van der Waals surface area contributed by atoms with Crippen LogP contribution in [-0.2, 0) is 5.75 Å². The minimum atomic E-state index is -0.446. The molecular formula is C28H30ClN5O2S. The van der Waals surface area contributed by atoms with Gasteiger partial charge in [0.25, 0.3) is 0 Å². The highest BCUT2D eigenvalue weighted by atomic mass is 35.5. The zero-order chi connectivity index (χ0) is 26.4. The third-order valence-corrected chi connectivity index (χ3v) is 6.93. The van der Waals surface area contributed by atoms with Crippen LogP contribution in [0, 0.1) is 13.8 Å². The van der Waals surface area contributed by atoms with E-state index in [-0.39, 0.29) is 6.03 Å². The molecule has 0 spiro atoms. The fraction of sp³-hybridized carbons (Fsp3) is 0.250. The molecule has 0 radical (unpaired) electrons. The van der Waals surface area contributed by atoms with Crippen LogP contribution in [0.5, 0.6) is 5.75 Å². The zero-order valence-corrected chi connectivity index (χ0v) is 22.9. The minimum Gasteiger partial charge on any atom is -0.492 e. The molecule has 0 fully saturated rings. The van der Waals surface area contributed by atoms with Crippen molar-refractivity contribution < 1.29 is 9.53 Å². The van der Waals surface area contributed by atoms with Gasteiger partial charge < -0.3 is 15.4 Å². The quantitative estimate of drug-likeness (QED) is 0.223. The number of carbonyl (C=O) groups is 1. The van der Waals surface area contributed by atoms with E-state index in [4.69, 9.17) is 16.3 Å². The van der Waals surface area contributed by atoms with Gasteiger partial charge in [0, 0.05) is 10.8 Å². The summed E-state index contributed by atoms with van der Waals surface area (Å²) in [6.45, 7) is 8.37. The maximum atomic E-state index is 12.9. The number of anilines is 1. The highest BCUT2D eigenvalue weighted by Crippen LogP contribution is 2.31. The molecule has 7 nitrogen and oxygen atoms in total. The number of carbonyl (C=O) groups excluding carboxylic acids is 1. The first-order valence-electron chi connectivity index (χ1n) is 12.0. The molecule has 4 rings (SSSR count). The van der Waals surface area contributed by atoms with E-state index >= 15 is 0 Å². The SMILES string of the molecule is CCOc1ccccc1NC(=O)NC(C)c1nnc(SCc2cccc(C)c2)n1-c1cc(Cl)ccc1C. The van der Waals surface area contributed by atoms with E-state index in [1.165, 1.54) is 11.1 Å². The van der Waals surface area contributed by atoms with Gasteiger partial charge >= 0.3 is 6.03 Å². The van der Waals surface area contributed by atoms with Crippen LogP contribution >= 0.6 is 23.4 Å². The summed E-state index contributed by atoms with van der Waals surface area (Å²) in [7, 11) is 0. The molecule has 0 aliphatic rings.